The highest BCUT2D eigenvalue weighted by atomic mass is 35.5. The van der Waals surface area contributed by atoms with Gasteiger partial charge in [-0.3, -0.25) is 9.78 Å². The van der Waals surface area contributed by atoms with Crippen molar-refractivity contribution in [2.75, 3.05) is 5.43 Å². The zero-order valence-corrected chi connectivity index (χ0v) is 18.2. The summed E-state index contributed by atoms with van der Waals surface area (Å²) in [4.78, 5) is 21.2. The van der Waals surface area contributed by atoms with Crippen LogP contribution in [0.25, 0.3) is 11.3 Å². The molecule has 1 aromatic heterocycles. The quantitative estimate of drug-likeness (QED) is 0.292. The summed E-state index contributed by atoms with van der Waals surface area (Å²) in [7, 11) is 0. The van der Waals surface area contributed by atoms with E-state index in [9.17, 15) is 10.1 Å². The van der Waals surface area contributed by atoms with Crippen LogP contribution in [0.4, 0.5) is 5.95 Å². The summed E-state index contributed by atoms with van der Waals surface area (Å²) in [5, 5.41) is 14.3. The van der Waals surface area contributed by atoms with Crippen LogP contribution in [0.3, 0.4) is 0 Å². The number of aromatic nitrogens is 2. The number of anilines is 1. The largest absolute Gasteiger partial charge is 0.290 e. The molecule has 32 heavy (non-hydrogen) atoms. The number of hydrazone groups is 1. The van der Waals surface area contributed by atoms with Gasteiger partial charge < -0.3 is 0 Å². The molecule has 4 rings (SSSR count). The molecule has 2 N–H and O–H groups in total. The predicted octanol–water partition coefficient (Wildman–Crippen LogP) is 5.56. The fourth-order valence-electron chi connectivity index (χ4n) is 2.92. The SMILES string of the molecule is N#Cc1c(-c2ccccc2)nc(NN=Cc2ccccc2Sc2ccccc2Cl)[nH]c1=O. The third-order valence-corrected chi connectivity index (χ3v) is 6.04. The van der Waals surface area contributed by atoms with Gasteiger partial charge in [0.1, 0.15) is 11.6 Å². The average Bonchev–Trinajstić information content (AvgIpc) is 2.82. The Kier molecular flexibility index (Phi) is 6.66. The molecule has 3 aromatic carbocycles. The highest BCUT2D eigenvalue weighted by Crippen LogP contribution is 2.34. The maximum Gasteiger partial charge on any atom is 0.270 e. The predicted molar refractivity (Wildman–Crippen MR) is 128 cm³/mol. The molecule has 6 nitrogen and oxygen atoms in total. The summed E-state index contributed by atoms with van der Waals surface area (Å²) in [5.41, 5.74) is 4.00. The standard InChI is InChI=1S/C24H16ClN5OS/c25-19-11-5-7-13-21(19)32-20-12-6-4-10-17(20)15-27-30-24-28-22(16-8-2-1-3-9-16)18(14-26)23(31)29-24/h1-13,15H,(H2,28,29,30,31). The summed E-state index contributed by atoms with van der Waals surface area (Å²) >= 11 is 7.82. The Bertz CT molecular complexity index is 1380. The van der Waals surface area contributed by atoms with Crippen molar-refractivity contribution < 1.29 is 0 Å². The first-order chi connectivity index (χ1) is 15.7. The first-order valence-corrected chi connectivity index (χ1v) is 10.8. The molecular formula is C24H16ClN5OS. The van der Waals surface area contributed by atoms with Gasteiger partial charge >= 0.3 is 0 Å². The fraction of sp³-hybridized carbons (Fsp3) is 0. The van der Waals surface area contributed by atoms with Crippen LogP contribution in [0.5, 0.6) is 0 Å². The number of nitrogens with zero attached hydrogens (tertiary/aromatic N) is 3. The zero-order valence-electron chi connectivity index (χ0n) is 16.6. The minimum absolute atomic E-state index is 0.0489. The molecule has 8 heteroatoms. The second-order valence-electron chi connectivity index (χ2n) is 6.56. The van der Waals surface area contributed by atoms with Gasteiger partial charge in [0.15, 0.2) is 0 Å². The monoisotopic (exact) mass is 457 g/mol. The molecule has 0 saturated carbocycles. The molecule has 4 aromatic rings. The number of hydrogen-bond acceptors (Lipinski definition) is 6. The summed E-state index contributed by atoms with van der Waals surface area (Å²) < 4.78 is 0. The molecule has 0 atom stereocenters. The minimum Gasteiger partial charge on any atom is -0.290 e. The molecule has 156 valence electrons. The molecule has 0 unspecified atom stereocenters. The zero-order chi connectivity index (χ0) is 22.3. The highest BCUT2D eigenvalue weighted by molar-refractivity contribution is 7.99. The highest BCUT2D eigenvalue weighted by Gasteiger charge is 2.13. The van der Waals surface area contributed by atoms with Gasteiger partial charge in [-0.2, -0.15) is 10.4 Å². The number of benzene rings is 3. The minimum atomic E-state index is -0.534. The van der Waals surface area contributed by atoms with E-state index in [4.69, 9.17) is 11.6 Å². The van der Waals surface area contributed by atoms with Crippen LogP contribution in [-0.4, -0.2) is 16.2 Å². The third-order valence-electron chi connectivity index (χ3n) is 4.43. The van der Waals surface area contributed by atoms with Gasteiger partial charge in [-0.15, -0.1) is 0 Å². The van der Waals surface area contributed by atoms with E-state index >= 15 is 0 Å². The van der Waals surface area contributed by atoms with Gasteiger partial charge in [-0.05, 0) is 18.2 Å². The Morgan fingerprint density at radius 1 is 1.00 bits per heavy atom. The van der Waals surface area contributed by atoms with Crippen LogP contribution in [0.1, 0.15) is 11.1 Å². The molecule has 0 aliphatic heterocycles. The Morgan fingerprint density at radius 3 is 2.44 bits per heavy atom. The summed E-state index contributed by atoms with van der Waals surface area (Å²) in [6.45, 7) is 0. The smallest absolute Gasteiger partial charge is 0.270 e. The number of halogens is 1. The first-order valence-electron chi connectivity index (χ1n) is 9.56. The second kappa shape index (κ2) is 9.96. The Labute approximate surface area is 193 Å². The number of aromatic amines is 1. The van der Waals surface area contributed by atoms with Crippen molar-refractivity contribution >= 4 is 35.5 Å². The summed E-state index contributed by atoms with van der Waals surface area (Å²) in [5.74, 6) is 0.139. The van der Waals surface area contributed by atoms with Gasteiger partial charge in [0.25, 0.3) is 5.56 Å². The number of H-pyrrole nitrogens is 1. The molecule has 1 heterocycles. The van der Waals surface area contributed by atoms with Crippen LogP contribution >= 0.6 is 23.4 Å². The molecule has 0 fully saturated rings. The van der Waals surface area contributed by atoms with E-state index in [0.717, 1.165) is 15.4 Å². The maximum atomic E-state index is 12.4. The summed E-state index contributed by atoms with van der Waals surface area (Å²) in [6, 6.07) is 26.4. The lowest BCUT2D eigenvalue weighted by atomic mass is 10.1. The molecule has 0 aliphatic rings. The van der Waals surface area contributed by atoms with Crippen molar-refractivity contribution in [1.82, 2.24) is 9.97 Å². The first kappa shape index (κ1) is 21.4. The topological polar surface area (TPSA) is 93.9 Å². The van der Waals surface area contributed by atoms with Crippen molar-refractivity contribution in [1.29, 1.82) is 5.26 Å². The van der Waals surface area contributed by atoms with Crippen molar-refractivity contribution in [3.8, 4) is 17.3 Å². The number of rotatable bonds is 6. The molecule has 0 bridgehead atoms. The van der Waals surface area contributed by atoms with Crippen LogP contribution < -0.4 is 11.0 Å². The Balaban J connectivity index is 1.59. The number of hydrogen-bond donors (Lipinski definition) is 2. The number of nitrogens with one attached hydrogen (secondary N) is 2. The number of nitriles is 1. The normalized spacial score (nSPS) is 10.8. The van der Waals surface area contributed by atoms with E-state index in [1.807, 2.05) is 72.8 Å². The van der Waals surface area contributed by atoms with Crippen LogP contribution in [0.15, 0.2) is 98.5 Å². The molecular weight excluding hydrogens is 442 g/mol. The lowest BCUT2D eigenvalue weighted by molar-refractivity contribution is 1.08. The van der Waals surface area contributed by atoms with Crippen molar-refractivity contribution in [3.05, 3.63) is 105 Å². The lowest BCUT2D eigenvalue weighted by Gasteiger charge is -2.08. The maximum absolute atomic E-state index is 12.4. The van der Waals surface area contributed by atoms with Crippen molar-refractivity contribution in [2.24, 2.45) is 5.10 Å². The van der Waals surface area contributed by atoms with E-state index in [0.29, 0.717) is 16.3 Å². The van der Waals surface area contributed by atoms with Gasteiger partial charge in [0, 0.05) is 20.9 Å². The second-order valence-corrected chi connectivity index (χ2v) is 8.05. The fourth-order valence-corrected chi connectivity index (χ4v) is 4.11. The molecule has 0 saturated heterocycles. The van der Waals surface area contributed by atoms with Gasteiger partial charge in [-0.1, -0.05) is 84.0 Å². The van der Waals surface area contributed by atoms with Gasteiger partial charge in [0.05, 0.1) is 16.9 Å². The van der Waals surface area contributed by atoms with E-state index in [1.54, 1.807) is 18.3 Å². The molecule has 0 aliphatic carbocycles. The van der Waals surface area contributed by atoms with Crippen LogP contribution in [0, 0.1) is 11.3 Å². The van der Waals surface area contributed by atoms with Crippen molar-refractivity contribution in [2.45, 2.75) is 9.79 Å². The van der Waals surface area contributed by atoms with E-state index in [1.165, 1.54) is 11.8 Å². The molecule has 0 spiro atoms. The lowest BCUT2D eigenvalue weighted by Crippen LogP contribution is -2.16. The average molecular weight is 458 g/mol. The van der Waals surface area contributed by atoms with Crippen molar-refractivity contribution in [3.63, 3.8) is 0 Å². The van der Waals surface area contributed by atoms with E-state index in [-0.39, 0.29) is 11.5 Å². The molecule has 0 amide bonds. The van der Waals surface area contributed by atoms with Crippen LogP contribution in [0.2, 0.25) is 5.02 Å². The van der Waals surface area contributed by atoms with Gasteiger partial charge in [-0.25, -0.2) is 10.4 Å². The summed E-state index contributed by atoms with van der Waals surface area (Å²) in [6.07, 6.45) is 1.64. The van der Waals surface area contributed by atoms with Gasteiger partial charge in [0.2, 0.25) is 5.95 Å². The third kappa shape index (κ3) is 4.89. The van der Waals surface area contributed by atoms with E-state index < -0.39 is 5.56 Å². The Morgan fingerprint density at radius 2 is 1.69 bits per heavy atom. The van der Waals surface area contributed by atoms with Crippen LogP contribution in [-0.2, 0) is 0 Å². The van der Waals surface area contributed by atoms with E-state index in [2.05, 4.69) is 20.5 Å². The Hall–Kier alpha value is -3.86. The molecule has 0 radical (unpaired) electrons.